The van der Waals surface area contributed by atoms with Crippen LogP contribution in [0.1, 0.15) is 49.1 Å². The number of thiazole rings is 1. The molecule has 112 valence electrons. The number of hydrogen-bond donors (Lipinski definition) is 2. The van der Waals surface area contributed by atoms with Gasteiger partial charge in [0.25, 0.3) is 5.91 Å². The highest BCUT2D eigenvalue weighted by molar-refractivity contribution is 7.13. The molecule has 2 heterocycles. The second-order valence-corrected chi connectivity index (χ2v) is 5.51. The topological polar surface area (TPSA) is 105 Å². The number of aryl methyl sites for hydroxylation is 3. The summed E-state index contributed by atoms with van der Waals surface area (Å²) in [6, 6.07) is 0. The molecule has 0 saturated carbocycles. The van der Waals surface area contributed by atoms with Crippen LogP contribution in [0.5, 0.6) is 0 Å². The quantitative estimate of drug-likeness (QED) is 0.874. The maximum absolute atomic E-state index is 12.2. The summed E-state index contributed by atoms with van der Waals surface area (Å²) in [5.74, 6) is -0.841. The molecule has 0 bridgehead atoms. The van der Waals surface area contributed by atoms with Gasteiger partial charge in [-0.15, -0.1) is 11.3 Å². The van der Waals surface area contributed by atoms with Gasteiger partial charge in [-0.25, -0.2) is 9.78 Å². The maximum Gasteiger partial charge on any atom is 0.347 e. The maximum atomic E-state index is 12.2. The van der Waals surface area contributed by atoms with Gasteiger partial charge >= 0.3 is 5.97 Å². The number of carbonyl (C=O) groups is 2. The van der Waals surface area contributed by atoms with Crippen molar-refractivity contribution in [1.82, 2.24) is 15.5 Å². The summed E-state index contributed by atoms with van der Waals surface area (Å²) in [5.41, 5.74) is 1.49. The van der Waals surface area contributed by atoms with Gasteiger partial charge in [0.1, 0.15) is 21.2 Å². The Hall–Kier alpha value is -2.22. The molecular formula is C13H15N3O4S. The lowest BCUT2D eigenvalue weighted by atomic mass is 10.1. The predicted molar refractivity (Wildman–Crippen MR) is 75.6 cm³/mol. The van der Waals surface area contributed by atoms with Crippen LogP contribution >= 0.6 is 11.3 Å². The van der Waals surface area contributed by atoms with Crippen LogP contribution in [0, 0.1) is 13.8 Å². The fraction of sp³-hybridized carbons (Fsp3) is 0.385. The lowest BCUT2D eigenvalue weighted by Gasteiger charge is -2.02. The van der Waals surface area contributed by atoms with Crippen molar-refractivity contribution < 1.29 is 19.2 Å². The van der Waals surface area contributed by atoms with Crippen LogP contribution in [-0.2, 0) is 13.0 Å². The lowest BCUT2D eigenvalue weighted by Crippen LogP contribution is -2.24. The van der Waals surface area contributed by atoms with Crippen molar-refractivity contribution in [1.29, 1.82) is 0 Å². The second kappa shape index (κ2) is 6.04. The van der Waals surface area contributed by atoms with Gasteiger partial charge in [-0.3, -0.25) is 4.79 Å². The van der Waals surface area contributed by atoms with E-state index in [-0.39, 0.29) is 17.3 Å². The molecule has 0 aromatic carbocycles. The van der Waals surface area contributed by atoms with E-state index in [2.05, 4.69) is 15.5 Å². The minimum Gasteiger partial charge on any atom is -0.477 e. The Morgan fingerprint density at radius 3 is 2.67 bits per heavy atom. The highest BCUT2D eigenvalue weighted by Gasteiger charge is 2.20. The molecule has 2 aromatic heterocycles. The number of carboxylic acid groups (broad SMARTS) is 1. The number of rotatable bonds is 5. The normalized spacial score (nSPS) is 10.6. The molecule has 0 saturated heterocycles. The number of aromatic carboxylic acids is 1. The average Bonchev–Trinajstić information content (AvgIpc) is 2.99. The molecule has 0 aliphatic rings. The van der Waals surface area contributed by atoms with Crippen molar-refractivity contribution in [2.75, 3.05) is 0 Å². The fourth-order valence-electron chi connectivity index (χ4n) is 1.92. The molecule has 0 aliphatic carbocycles. The van der Waals surface area contributed by atoms with E-state index in [4.69, 9.17) is 9.63 Å². The smallest absolute Gasteiger partial charge is 0.347 e. The molecule has 8 heteroatoms. The van der Waals surface area contributed by atoms with Crippen molar-refractivity contribution in [3.05, 3.63) is 32.6 Å². The summed E-state index contributed by atoms with van der Waals surface area (Å²) >= 11 is 1.06. The van der Waals surface area contributed by atoms with E-state index in [1.807, 2.05) is 6.92 Å². The molecule has 0 spiro atoms. The van der Waals surface area contributed by atoms with Crippen LogP contribution in [0.4, 0.5) is 0 Å². The van der Waals surface area contributed by atoms with Crippen molar-refractivity contribution in [2.45, 2.75) is 33.7 Å². The third kappa shape index (κ3) is 3.10. The largest absolute Gasteiger partial charge is 0.477 e. The molecule has 2 rings (SSSR count). The number of amides is 1. The molecule has 0 aliphatic heterocycles. The van der Waals surface area contributed by atoms with E-state index in [1.54, 1.807) is 13.8 Å². The third-order valence-corrected chi connectivity index (χ3v) is 4.08. The first kappa shape index (κ1) is 15.2. The molecule has 1 amide bonds. The second-order valence-electron chi connectivity index (χ2n) is 4.42. The van der Waals surface area contributed by atoms with Gasteiger partial charge in [0.15, 0.2) is 0 Å². The summed E-state index contributed by atoms with van der Waals surface area (Å²) in [6.45, 7) is 5.37. The minimum absolute atomic E-state index is 0.172. The lowest BCUT2D eigenvalue weighted by molar-refractivity contribution is 0.0701. The molecule has 0 radical (unpaired) electrons. The van der Waals surface area contributed by atoms with E-state index >= 15 is 0 Å². The summed E-state index contributed by atoms with van der Waals surface area (Å²) < 4.78 is 5.01. The van der Waals surface area contributed by atoms with E-state index < -0.39 is 5.97 Å². The summed E-state index contributed by atoms with van der Waals surface area (Å²) in [6.07, 6.45) is 0.597. The molecule has 2 N–H and O–H groups in total. The highest BCUT2D eigenvalue weighted by Crippen LogP contribution is 2.18. The molecule has 0 unspecified atom stereocenters. The average molecular weight is 309 g/mol. The van der Waals surface area contributed by atoms with E-state index in [0.717, 1.165) is 11.3 Å². The number of nitrogens with zero attached hydrogens (tertiary/aromatic N) is 2. The van der Waals surface area contributed by atoms with Crippen molar-refractivity contribution in [3.8, 4) is 0 Å². The first-order valence-electron chi connectivity index (χ1n) is 6.37. The van der Waals surface area contributed by atoms with E-state index in [0.29, 0.717) is 34.1 Å². The molecule has 0 fully saturated rings. The number of hydrogen-bond acceptors (Lipinski definition) is 6. The Morgan fingerprint density at radius 1 is 1.38 bits per heavy atom. The van der Waals surface area contributed by atoms with Gasteiger partial charge < -0.3 is 14.9 Å². The number of aromatic nitrogens is 2. The molecular weight excluding hydrogens is 294 g/mol. The number of carboxylic acids is 1. The van der Waals surface area contributed by atoms with Crippen LogP contribution in [-0.4, -0.2) is 27.1 Å². The fourth-order valence-corrected chi connectivity index (χ4v) is 2.76. The van der Waals surface area contributed by atoms with Gasteiger partial charge in [0.2, 0.25) is 0 Å². The zero-order chi connectivity index (χ0) is 15.6. The Balaban J connectivity index is 2.09. The van der Waals surface area contributed by atoms with E-state index in [9.17, 15) is 9.59 Å². The van der Waals surface area contributed by atoms with Crippen LogP contribution in [0.25, 0.3) is 0 Å². The molecule has 0 atom stereocenters. The van der Waals surface area contributed by atoms with Gasteiger partial charge in [-0.1, -0.05) is 12.1 Å². The molecule has 2 aromatic rings. The Labute approximate surface area is 125 Å². The standard InChI is InChI=1S/C13H15N3O4S/c1-4-8-10(7(3)20-16-8)12(17)14-5-9-15-6(2)11(21-9)13(18)19/h4-5H2,1-3H3,(H,14,17)(H,18,19). The zero-order valence-electron chi connectivity index (χ0n) is 11.9. The Morgan fingerprint density at radius 2 is 2.10 bits per heavy atom. The van der Waals surface area contributed by atoms with Gasteiger partial charge in [0.05, 0.1) is 17.9 Å². The van der Waals surface area contributed by atoms with Crippen LogP contribution in [0.3, 0.4) is 0 Å². The summed E-state index contributed by atoms with van der Waals surface area (Å²) in [7, 11) is 0. The zero-order valence-corrected chi connectivity index (χ0v) is 12.7. The Kier molecular flexibility index (Phi) is 4.37. The van der Waals surface area contributed by atoms with Crippen molar-refractivity contribution in [2.24, 2.45) is 0 Å². The predicted octanol–water partition coefficient (Wildman–Crippen LogP) is 1.94. The first-order valence-corrected chi connectivity index (χ1v) is 7.18. The molecule has 7 nitrogen and oxygen atoms in total. The van der Waals surface area contributed by atoms with Crippen LogP contribution in [0.2, 0.25) is 0 Å². The Bertz CT molecular complexity index is 690. The van der Waals surface area contributed by atoms with Crippen LogP contribution in [0.15, 0.2) is 4.52 Å². The number of nitrogens with one attached hydrogen (secondary N) is 1. The SMILES string of the molecule is CCc1noc(C)c1C(=O)NCc1nc(C)c(C(=O)O)s1. The van der Waals surface area contributed by atoms with Crippen molar-refractivity contribution >= 4 is 23.2 Å². The van der Waals surface area contributed by atoms with Gasteiger partial charge in [0, 0.05) is 0 Å². The van der Waals surface area contributed by atoms with E-state index in [1.165, 1.54) is 0 Å². The third-order valence-electron chi connectivity index (χ3n) is 2.93. The summed E-state index contributed by atoms with van der Waals surface area (Å²) in [5, 5.41) is 16.1. The number of carbonyl (C=O) groups excluding carboxylic acids is 1. The van der Waals surface area contributed by atoms with Crippen molar-refractivity contribution in [3.63, 3.8) is 0 Å². The minimum atomic E-state index is -1.01. The van der Waals surface area contributed by atoms with Gasteiger partial charge in [-0.05, 0) is 20.3 Å². The van der Waals surface area contributed by atoms with Crippen LogP contribution < -0.4 is 5.32 Å². The molecule has 21 heavy (non-hydrogen) atoms. The first-order chi connectivity index (χ1) is 9.93. The monoisotopic (exact) mass is 309 g/mol. The summed E-state index contributed by atoms with van der Waals surface area (Å²) in [4.78, 5) is 27.4. The van der Waals surface area contributed by atoms with Gasteiger partial charge in [-0.2, -0.15) is 0 Å². The highest BCUT2D eigenvalue weighted by atomic mass is 32.1.